The lowest BCUT2D eigenvalue weighted by atomic mass is 10.1. The minimum absolute atomic E-state index is 0.314. The van der Waals surface area contributed by atoms with E-state index in [1.54, 1.807) is 36.4 Å². The van der Waals surface area contributed by atoms with Gasteiger partial charge in [-0.3, -0.25) is 0 Å². The normalized spacial score (nSPS) is 13.2. The largest absolute Gasteiger partial charge is 0.743 e. The summed E-state index contributed by atoms with van der Waals surface area (Å²) in [5.74, 6) is -15.8. The fourth-order valence-corrected chi connectivity index (χ4v) is 5.12. The average Bonchev–Trinajstić information content (AvgIpc) is 2.81. The molecule has 0 atom stereocenters. The highest BCUT2D eigenvalue weighted by Gasteiger charge is 2.83. The third kappa shape index (κ3) is 6.81. The summed E-state index contributed by atoms with van der Waals surface area (Å²) in [4.78, 5) is 2.67. The lowest BCUT2D eigenvalue weighted by molar-refractivity contribution is -0.382. The Morgan fingerprint density at radius 2 is 0.769 bits per heavy atom. The van der Waals surface area contributed by atoms with Crippen molar-refractivity contribution in [2.75, 3.05) is 0 Å². The Morgan fingerprint density at radius 1 is 0.513 bits per heavy atom. The first kappa shape index (κ1) is 32.3. The second-order valence-electron chi connectivity index (χ2n) is 7.29. The van der Waals surface area contributed by atoms with Gasteiger partial charge in [-0.2, -0.15) is 39.5 Å². The van der Waals surface area contributed by atoms with Gasteiger partial charge in [0.1, 0.15) is 17.5 Å². The number of halogens is 12. The summed E-state index contributed by atoms with van der Waals surface area (Å²) < 4.78 is 175. The van der Waals surface area contributed by atoms with Crippen molar-refractivity contribution in [3.63, 3.8) is 0 Å². The Bertz CT molecular complexity index is 1250. The van der Waals surface area contributed by atoms with E-state index in [2.05, 4.69) is 0 Å². The molecule has 214 valence electrons. The van der Waals surface area contributed by atoms with E-state index in [-0.39, 0.29) is 17.5 Å². The van der Waals surface area contributed by atoms with Gasteiger partial charge in [0.25, 0.3) is 0 Å². The molecule has 0 aliphatic rings. The predicted octanol–water partition coefficient (Wildman–Crippen LogP) is 7.16. The van der Waals surface area contributed by atoms with Crippen LogP contribution in [0.4, 0.5) is 52.7 Å². The molecule has 0 N–H and O–H groups in total. The van der Waals surface area contributed by atoms with Crippen LogP contribution in [-0.2, 0) is 21.0 Å². The summed E-state index contributed by atoms with van der Waals surface area (Å²) in [6.07, 6.45) is -7.16. The van der Waals surface area contributed by atoms with Gasteiger partial charge >= 0.3 is 23.3 Å². The minimum atomic E-state index is -7.43. The van der Waals surface area contributed by atoms with Gasteiger partial charge in [-0.05, 0) is 72.8 Å². The van der Waals surface area contributed by atoms with Crippen LogP contribution in [-0.4, -0.2) is 36.2 Å². The van der Waals surface area contributed by atoms with E-state index in [1.807, 2.05) is 0 Å². The number of alkyl halides is 9. The molecule has 0 radical (unpaired) electrons. The maximum Gasteiger partial charge on any atom is 0.460 e. The maximum atomic E-state index is 13.2. The highest BCUT2D eigenvalue weighted by atomic mass is 32.2. The molecule has 39 heavy (non-hydrogen) atoms. The summed E-state index contributed by atoms with van der Waals surface area (Å²) in [5.41, 5.74) is 0. The second-order valence-corrected chi connectivity index (χ2v) is 10.7. The predicted molar refractivity (Wildman–Crippen MR) is 112 cm³/mol. The lowest BCUT2D eigenvalue weighted by Gasteiger charge is -2.34. The van der Waals surface area contributed by atoms with Gasteiger partial charge in [-0.15, -0.1) is 0 Å². The van der Waals surface area contributed by atoms with Crippen molar-refractivity contribution >= 4 is 21.0 Å². The maximum absolute atomic E-state index is 13.2. The first-order valence-electron chi connectivity index (χ1n) is 9.80. The summed E-state index contributed by atoms with van der Waals surface area (Å²) in [6, 6.07) is 18.5. The average molecular weight is 616 g/mol. The summed E-state index contributed by atoms with van der Waals surface area (Å²) >= 11 is 0. The molecule has 0 saturated carbocycles. The molecule has 0 amide bonds. The van der Waals surface area contributed by atoms with Crippen molar-refractivity contribution in [3.05, 3.63) is 90.2 Å². The van der Waals surface area contributed by atoms with Crippen LogP contribution in [0.1, 0.15) is 0 Å². The highest BCUT2D eigenvalue weighted by molar-refractivity contribution is 7.97. The molecular formula is C22H12F12O3S2. The van der Waals surface area contributed by atoms with Crippen molar-refractivity contribution in [3.8, 4) is 0 Å². The van der Waals surface area contributed by atoms with Gasteiger partial charge in [0.2, 0.25) is 0 Å². The number of rotatable bonds is 6. The molecule has 0 spiro atoms. The quantitative estimate of drug-likeness (QED) is 0.168. The minimum Gasteiger partial charge on any atom is -0.743 e. The Labute approximate surface area is 215 Å². The van der Waals surface area contributed by atoms with E-state index >= 15 is 0 Å². The Balaban J connectivity index is 0.000000285. The van der Waals surface area contributed by atoms with Gasteiger partial charge < -0.3 is 4.55 Å². The number of benzene rings is 3. The van der Waals surface area contributed by atoms with E-state index in [9.17, 15) is 65.7 Å². The molecular weight excluding hydrogens is 604 g/mol. The zero-order chi connectivity index (χ0) is 30.0. The van der Waals surface area contributed by atoms with E-state index in [0.717, 1.165) is 14.7 Å². The second kappa shape index (κ2) is 11.3. The molecule has 3 aromatic rings. The highest BCUT2D eigenvalue weighted by Crippen LogP contribution is 2.54. The van der Waals surface area contributed by atoms with E-state index < -0.39 is 44.3 Å². The van der Waals surface area contributed by atoms with Crippen LogP contribution in [0.25, 0.3) is 0 Å². The molecule has 0 unspecified atom stereocenters. The smallest absolute Gasteiger partial charge is 0.460 e. The molecule has 0 bridgehead atoms. The lowest BCUT2D eigenvalue weighted by Crippen LogP contribution is -2.63. The van der Waals surface area contributed by atoms with Gasteiger partial charge in [-0.25, -0.2) is 21.6 Å². The third-order valence-electron chi connectivity index (χ3n) is 4.58. The molecule has 0 aliphatic heterocycles. The molecule has 0 heterocycles. The van der Waals surface area contributed by atoms with Gasteiger partial charge in [-0.1, -0.05) is 0 Å². The SMILES string of the molecule is Fc1ccc([S+](c2ccc(F)cc2)c2ccc(F)cc2)cc1.O=S(=O)([O-])C(F)(F)C(F)(F)C(F)(F)C(F)(F)F. The van der Waals surface area contributed by atoms with Crippen molar-refractivity contribution < 1.29 is 65.7 Å². The molecule has 3 aromatic carbocycles. The van der Waals surface area contributed by atoms with Crippen LogP contribution in [0.2, 0.25) is 0 Å². The van der Waals surface area contributed by atoms with Crippen LogP contribution in [0.15, 0.2) is 87.5 Å². The van der Waals surface area contributed by atoms with Crippen LogP contribution in [0.3, 0.4) is 0 Å². The van der Waals surface area contributed by atoms with E-state index in [4.69, 9.17) is 0 Å². The summed E-state index contributed by atoms with van der Waals surface area (Å²) in [5, 5.41) is -7.11. The fourth-order valence-electron chi connectivity index (χ4n) is 2.64. The Kier molecular flexibility index (Phi) is 9.35. The zero-order valence-electron chi connectivity index (χ0n) is 18.5. The van der Waals surface area contributed by atoms with E-state index in [0.29, 0.717) is 0 Å². The first-order valence-corrected chi connectivity index (χ1v) is 12.4. The van der Waals surface area contributed by atoms with Gasteiger partial charge in [0.05, 0.1) is 10.9 Å². The van der Waals surface area contributed by atoms with Crippen LogP contribution in [0.5, 0.6) is 0 Å². The van der Waals surface area contributed by atoms with Crippen LogP contribution in [0, 0.1) is 17.5 Å². The summed E-state index contributed by atoms with van der Waals surface area (Å²) in [7, 11) is -7.96. The number of hydrogen-bond acceptors (Lipinski definition) is 3. The van der Waals surface area contributed by atoms with Crippen molar-refractivity contribution in [1.29, 1.82) is 0 Å². The van der Waals surface area contributed by atoms with Crippen molar-refractivity contribution in [2.24, 2.45) is 0 Å². The standard InChI is InChI=1S/C18H12F3S.C4HF9O3S/c19-13-1-7-16(8-2-13)22(17-9-3-14(20)4-10-17)18-11-5-15(21)6-12-18;5-1(6,3(9,10)11)2(7,8)4(12,13)17(14,15)16/h1-12H;(H,14,15,16)/q+1;/p-1. The Hall–Kier alpha value is -2.92. The van der Waals surface area contributed by atoms with Crippen molar-refractivity contribution in [2.45, 2.75) is 38.0 Å². The number of hydrogen-bond donors (Lipinski definition) is 0. The molecule has 0 aliphatic carbocycles. The molecule has 0 saturated heterocycles. The molecule has 3 rings (SSSR count). The monoisotopic (exact) mass is 616 g/mol. The summed E-state index contributed by atoms with van der Waals surface area (Å²) in [6.45, 7) is 0. The van der Waals surface area contributed by atoms with Gasteiger partial charge in [0, 0.05) is 0 Å². The van der Waals surface area contributed by atoms with Crippen LogP contribution < -0.4 is 0 Å². The first-order chi connectivity index (χ1) is 17.6. The van der Waals surface area contributed by atoms with Gasteiger partial charge in [0.15, 0.2) is 24.8 Å². The molecule has 0 aromatic heterocycles. The molecule has 3 nitrogen and oxygen atoms in total. The molecule has 17 heteroatoms. The topological polar surface area (TPSA) is 57.2 Å². The third-order valence-corrected chi connectivity index (χ3v) is 7.69. The van der Waals surface area contributed by atoms with Crippen LogP contribution >= 0.6 is 0 Å². The zero-order valence-corrected chi connectivity index (χ0v) is 20.1. The Morgan fingerprint density at radius 3 is 0.974 bits per heavy atom. The van der Waals surface area contributed by atoms with E-state index in [1.165, 1.54) is 36.4 Å². The molecule has 0 fully saturated rings. The fraction of sp³-hybridized carbons (Fsp3) is 0.182. The van der Waals surface area contributed by atoms with Crippen molar-refractivity contribution in [1.82, 2.24) is 0 Å².